The van der Waals surface area contributed by atoms with E-state index >= 15 is 0 Å². The molecule has 2 aromatic heterocycles. The standard InChI is InChI=1S/C24H27N5O/c1-2-3-4-10-15-29-22(25)20(24(30)26-16-17-11-6-5-7-12-17)21-23(29)28-19-14-9-8-13-18(19)27-21/h5-9,11-14H,2-4,10,15-16,25H2,1H3,(H,26,30). The van der Waals surface area contributed by atoms with Gasteiger partial charge in [0.2, 0.25) is 0 Å². The van der Waals surface area contributed by atoms with Crippen LogP contribution in [-0.2, 0) is 13.1 Å². The number of aryl methyl sites for hydroxylation is 1. The highest BCUT2D eigenvalue weighted by molar-refractivity contribution is 6.10. The van der Waals surface area contributed by atoms with Crippen LogP contribution in [0.25, 0.3) is 22.2 Å². The molecule has 0 atom stereocenters. The number of nitrogens with zero attached hydrogens (tertiary/aromatic N) is 3. The van der Waals surface area contributed by atoms with Gasteiger partial charge in [0, 0.05) is 13.1 Å². The van der Waals surface area contributed by atoms with E-state index in [0.717, 1.165) is 36.0 Å². The number of nitrogens with one attached hydrogen (secondary N) is 1. The predicted molar refractivity (Wildman–Crippen MR) is 121 cm³/mol. The van der Waals surface area contributed by atoms with Crippen LogP contribution in [0.4, 0.5) is 5.82 Å². The SMILES string of the molecule is CCCCCCn1c(N)c(C(=O)NCc2ccccc2)c2nc3ccccc3nc21. The predicted octanol–water partition coefficient (Wildman–Crippen LogP) is 4.68. The van der Waals surface area contributed by atoms with Crippen LogP contribution in [-0.4, -0.2) is 20.4 Å². The van der Waals surface area contributed by atoms with Gasteiger partial charge in [-0.1, -0.05) is 68.7 Å². The van der Waals surface area contributed by atoms with Crippen LogP contribution in [0.1, 0.15) is 48.5 Å². The Hall–Kier alpha value is -3.41. The topological polar surface area (TPSA) is 85.8 Å². The van der Waals surface area contributed by atoms with Gasteiger partial charge in [0.25, 0.3) is 5.91 Å². The third-order valence-corrected chi connectivity index (χ3v) is 5.35. The minimum atomic E-state index is -0.224. The van der Waals surface area contributed by atoms with Crippen molar-refractivity contribution in [3.8, 4) is 0 Å². The minimum absolute atomic E-state index is 0.224. The number of hydrogen-bond acceptors (Lipinski definition) is 4. The quantitative estimate of drug-likeness (QED) is 0.420. The third kappa shape index (κ3) is 3.99. The molecule has 2 heterocycles. The first-order chi connectivity index (χ1) is 14.7. The molecule has 0 aliphatic carbocycles. The normalized spacial score (nSPS) is 11.2. The summed E-state index contributed by atoms with van der Waals surface area (Å²) in [4.78, 5) is 22.7. The largest absolute Gasteiger partial charge is 0.384 e. The lowest BCUT2D eigenvalue weighted by molar-refractivity contribution is 0.0953. The molecule has 30 heavy (non-hydrogen) atoms. The highest BCUT2D eigenvalue weighted by Gasteiger charge is 2.23. The number of nitrogens with two attached hydrogens (primary N) is 1. The van der Waals surface area contributed by atoms with Crippen molar-refractivity contribution in [2.45, 2.75) is 45.7 Å². The Labute approximate surface area is 176 Å². The molecule has 0 bridgehead atoms. The van der Waals surface area contributed by atoms with Gasteiger partial charge in [-0.05, 0) is 24.1 Å². The Bertz CT molecular complexity index is 1170. The summed E-state index contributed by atoms with van der Waals surface area (Å²) in [5.41, 5.74) is 10.7. The summed E-state index contributed by atoms with van der Waals surface area (Å²) < 4.78 is 1.95. The fraction of sp³-hybridized carbons (Fsp3) is 0.292. The summed E-state index contributed by atoms with van der Waals surface area (Å²) in [6.07, 6.45) is 4.45. The van der Waals surface area contributed by atoms with Crippen LogP contribution >= 0.6 is 0 Å². The van der Waals surface area contributed by atoms with Gasteiger partial charge in [-0.2, -0.15) is 0 Å². The van der Waals surface area contributed by atoms with Crippen molar-refractivity contribution in [2.75, 3.05) is 5.73 Å². The maximum absolute atomic E-state index is 13.1. The summed E-state index contributed by atoms with van der Waals surface area (Å²) in [6.45, 7) is 3.34. The summed E-state index contributed by atoms with van der Waals surface area (Å²) in [5, 5.41) is 2.99. The molecule has 0 saturated heterocycles. The van der Waals surface area contributed by atoms with Gasteiger partial charge in [0.15, 0.2) is 5.65 Å². The van der Waals surface area contributed by atoms with Crippen LogP contribution in [0.5, 0.6) is 0 Å². The second kappa shape index (κ2) is 8.95. The monoisotopic (exact) mass is 401 g/mol. The van der Waals surface area contributed by atoms with Crippen LogP contribution < -0.4 is 11.1 Å². The van der Waals surface area contributed by atoms with Gasteiger partial charge in [-0.3, -0.25) is 4.79 Å². The Balaban J connectivity index is 1.72. The molecule has 0 aliphatic heterocycles. The molecule has 0 unspecified atom stereocenters. The molecule has 3 N–H and O–H groups in total. The van der Waals surface area contributed by atoms with Gasteiger partial charge < -0.3 is 15.6 Å². The molecule has 154 valence electrons. The number of carbonyl (C=O) groups is 1. The molecule has 6 nitrogen and oxygen atoms in total. The second-order valence-electron chi connectivity index (χ2n) is 7.53. The van der Waals surface area contributed by atoms with Crippen LogP contribution in [0.15, 0.2) is 54.6 Å². The number of rotatable bonds is 8. The molecular formula is C24H27N5O. The molecule has 0 radical (unpaired) electrons. The fourth-order valence-electron chi connectivity index (χ4n) is 3.73. The Morgan fingerprint density at radius 3 is 2.40 bits per heavy atom. The second-order valence-corrected chi connectivity index (χ2v) is 7.53. The number of amides is 1. The zero-order valence-corrected chi connectivity index (χ0v) is 17.3. The Morgan fingerprint density at radius 2 is 1.67 bits per heavy atom. The number of anilines is 1. The summed E-state index contributed by atoms with van der Waals surface area (Å²) >= 11 is 0. The average molecular weight is 402 g/mol. The van der Waals surface area contributed by atoms with Crippen LogP contribution in [0, 0.1) is 0 Å². The van der Waals surface area contributed by atoms with E-state index in [1.807, 2.05) is 59.2 Å². The molecule has 0 aliphatic rings. The summed E-state index contributed by atoms with van der Waals surface area (Å²) in [5.74, 6) is 0.209. The maximum Gasteiger partial charge on any atom is 0.257 e. The van der Waals surface area contributed by atoms with Crippen LogP contribution in [0.2, 0.25) is 0 Å². The first-order valence-corrected chi connectivity index (χ1v) is 10.6. The van der Waals surface area contributed by atoms with Crippen molar-refractivity contribution >= 4 is 33.9 Å². The van der Waals surface area contributed by atoms with Gasteiger partial charge in [-0.25, -0.2) is 9.97 Å². The van der Waals surface area contributed by atoms with Crippen molar-refractivity contribution in [3.05, 3.63) is 65.7 Å². The smallest absolute Gasteiger partial charge is 0.257 e. The van der Waals surface area contributed by atoms with E-state index in [4.69, 9.17) is 15.7 Å². The van der Waals surface area contributed by atoms with Crippen molar-refractivity contribution in [2.24, 2.45) is 0 Å². The molecule has 4 aromatic rings. The first-order valence-electron chi connectivity index (χ1n) is 10.6. The Kier molecular flexibility index (Phi) is 5.93. The number of nitrogen functional groups attached to an aromatic ring is 1. The van der Waals surface area contributed by atoms with E-state index in [9.17, 15) is 4.79 Å². The average Bonchev–Trinajstić information content (AvgIpc) is 3.04. The molecule has 0 saturated carbocycles. The maximum atomic E-state index is 13.1. The number of para-hydroxylation sites is 2. The highest BCUT2D eigenvalue weighted by atomic mass is 16.1. The number of fused-ring (bicyclic) bond motifs is 2. The van der Waals surface area contributed by atoms with Crippen molar-refractivity contribution in [3.63, 3.8) is 0 Å². The summed E-state index contributed by atoms with van der Waals surface area (Å²) in [6, 6.07) is 17.5. The van der Waals surface area contributed by atoms with E-state index in [0.29, 0.717) is 29.1 Å². The number of unbranched alkanes of at least 4 members (excludes halogenated alkanes) is 3. The molecular weight excluding hydrogens is 374 g/mol. The molecule has 6 heteroatoms. The van der Waals surface area contributed by atoms with Gasteiger partial charge in [0.05, 0.1) is 11.0 Å². The lowest BCUT2D eigenvalue weighted by Crippen LogP contribution is -2.24. The van der Waals surface area contributed by atoms with E-state index in [1.165, 1.54) is 12.8 Å². The first kappa shape index (κ1) is 19.9. The zero-order chi connectivity index (χ0) is 20.9. The van der Waals surface area contributed by atoms with Gasteiger partial charge in [0.1, 0.15) is 16.9 Å². The van der Waals surface area contributed by atoms with Crippen LogP contribution in [0.3, 0.4) is 0 Å². The molecule has 4 rings (SSSR count). The zero-order valence-electron chi connectivity index (χ0n) is 17.3. The minimum Gasteiger partial charge on any atom is -0.384 e. The lowest BCUT2D eigenvalue weighted by Gasteiger charge is -2.08. The highest BCUT2D eigenvalue weighted by Crippen LogP contribution is 2.28. The van der Waals surface area contributed by atoms with E-state index < -0.39 is 0 Å². The van der Waals surface area contributed by atoms with Crippen molar-refractivity contribution in [1.29, 1.82) is 0 Å². The molecule has 1 amide bonds. The number of hydrogen-bond donors (Lipinski definition) is 2. The van der Waals surface area contributed by atoms with Gasteiger partial charge >= 0.3 is 0 Å². The van der Waals surface area contributed by atoms with Gasteiger partial charge in [-0.15, -0.1) is 0 Å². The summed E-state index contributed by atoms with van der Waals surface area (Å²) in [7, 11) is 0. The Morgan fingerprint density at radius 1 is 0.967 bits per heavy atom. The lowest BCUT2D eigenvalue weighted by atomic mass is 10.2. The number of aromatic nitrogens is 3. The molecule has 0 fully saturated rings. The molecule has 2 aromatic carbocycles. The number of carbonyl (C=O) groups excluding carboxylic acids is 1. The molecule has 0 spiro atoms. The van der Waals surface area contributed by atoms with Crippen molar-refractivity contribution in [1.82, 2.24) is 19.9 Å². The van der Waals surface area contributed by atoms with E-state index in [2.05, 4.69) is 12.2 Å². The van der Waals surface area contributed by atoms with Crippen molar-refractivity contribution < 1.29 is 4.79 Å². The fourth-order valence-corrected chi connectivity index (χ4v) is 3.73. The third-order valence-electron chi connectivity index (χ3n) is 5.35. The van der Waals surface area contributed by atoms with E-state index in [1.54, 1.807) is 0 Å². The van der Waals surface area contributed by atoms with E-state index in [-0.39, 0.29) is 5.91 Å². The number of benzene rings is 2.